The second-order valence-corrected chi connectivity index (χ2v) is 1.25. The smallest absolute Gasteiger partial charge is 0.156 e. The summed E-state index contributed by atoms with van der Waals surface area (Å²) < 4.78 is 20.1. The number of hydrogen-bond acceptors (Lipinski definition) is 2. The normalized spacial score (nSPS) is 4.80. The molecule has 0 saturated heterocycles. The molecule has 0 fully saturated rings. The minimum Gasteiger partial charge on any atom is -0.202 e. The molecule has 0 amide bonds. The lowest BCUT2D eigenvalue weighted by molar-refractivity contribution is 0.701. The lowest BCUT2D eigenvalue weighted by Crippen LogP contribution is -1.38. The quantitative estimate of drug-likeness (QED) is 0.375. The van der Waals surface area contributed by atoms with Gasteiger partial charge < -0.3 is 0 Å². The summed E-state index contributed by atoms with van der Waals surface area (Å²) in [7, 11) is 0. The lowest BCUT2D eigenvalue weighted by Gasteiger charge is -1.16. The molecule has 0 aromatic heterocycles. The molecular weight excluding hydrogens is 108 g/mol. The lowest BCUT2D eigenvalue weighted by atomic mass is 12.0. The van der Waals surface area contributed by atoms with Crippen LogP contribution in [-0.2, 0) is 22.5 Å². The molecule has 0 heterocycles. The van der Waals surface area contributed by atoms with Gasteiger partial charge in [0.1, 0.15) is 0 Å². The maximum Gasteiger partial charge on any atom is 0.156 e. The van der Waals surface area contributed by atoms with Crippen LogP contribution >= 0.6 is 0 Å². The van der Waals surface area contributed by atoms with E-state index in [1.807, 2.05) is 4.31 Å². The van der Waals surface area contributed by atoms with Crippen molar-refractivity contribution in [1.29, 1.82) is 0 Å². The third-order valence-electron chi connectivity index (χ3n) is 0.0680. The van der Waals surface area contributed by atoms with Crippen molar-refractivity contribution in [2.45, 2.75) is 0 Å². The van der Waals surface area contributed by atoms with E-state index in [0.29, 0.717) is 0 Å². The van der Waals surface area contributed by atoms with Crippen molar-refractivity contribution < 1.29 is 8.42 Å². The molecule has 0 aliphatic rings. The van der Waals surface area contributed by atoms with Gasteiger partial charge in [-0.1, -0.05) is 0 Å². The highest BCUT2D eigenvalue weighted by Crippen LogP contribution is 1.09. The van der Waals surface area contributed by atoms with E-state index in [4.69, 9.17) is 8.42 Å². The molecule has 0 bridgehead atoms. The molecule has 0 atom stereocenters. The van der Waals surface area contributed by atoms with E-state index in [0.717, 1.165) is 0 Å². The maximum atomic E-state index is 9.11. The molecule has 4 heteroatoms. The summed E-state index contributed by atoms with van der Waals surface area (Å²) in [5.41, 5.74) is 0. The van der Waals surface area contributed by atoms with Crippen LogP contribution in [0.3, 0.4) is 0 Å². The topological polar surface area (TPSA) is 34.1 Å². The highest BCUT2D eigenvalue weighted by atomic mass is 32.1. The standard InChI is InChI=1S/CO2S2/c2-4-1-5-3. The molecule has 0 aliphatic heterocycles. The Bertz CT molecular complexity index is 99.6. The number of rotatable bonds is 0. The first-order chi connectivity index (χ1) is 2.41. The Morgan fingerprint density at radius 3 is 1.60 bits per heavy atom. The Morgan fingerprint density at radius 1 is 1.20 bits per heavy atom. The van der Waals surface area contributed by atoms with Crippen molar-refractivity contribution in [3.63, 3.8) is 0 Å². The van der Waals surface area contributed by atoms with Crippen LogP contribution in [-0.4, -0.2) is 12.7 Å². The Morgan fingerprint density at radius 2 is 1.60 bits per heavy atom. The van der Waals surface area contributed by atoms with Crippen molar-refractivity contribution >= 4 is 26.8 Å². The molecule has 0 rings (SSSR count). The van der Waals surface area contributed by atoms with Crippen LogP contribution in [0.15, 0.2) is 0 Å². The Hall–Kier alpha value is -0.180. The van der Waals surface area contributed by atoms with E-state index in [9.17, 15) is 0 Å². The van der Waals surface area contributed by atoms with Crippen molar-refractivity contribution in [1.82, 2.24) is 0 Å². The van der Waals surface area contributed by atoms with Crippen LogP contribution in [0.25, 0.3) is 0 Å². The Labute approximate surface area is 36.0 Å². The fraction of sp³-hybridized carbons (Fsp3) is 0. The van der Waals surface area contributed by atoms with E-state index in [1.54, 1.807) is 0 Å². The Balaban J connectivity index is 4.38. The molecule has 0 aliphatic carbocycles. The van der Waals surface area contributed by atoms with Gasteiger partial charge in [0.25, 0.3) is 0 Å². The molecule has 0 saturated carbocycles. The van der Waals surface area contributed by atoms with Crippen molar-refractivity contribution in [2.75, 3.05) is 0 Å². The van der Waals surface area contributed by atoms with Gasteiger partial charge in [-0.05, 0) is 0 Å². The zero-order valence-corrected chi connectivity index (χ0v) is 3.77. The number of hydrogen-bond donors (Lipinski definition) is 0. The SMILES string of the molecule is O=S=C=S=O. The zero-order valence-electron chi connectivity index (χ0n) is 2.13. The molecule has 0 aromatic carbocycles. The maximum absolute atomic E-state index is 9.11. The summed E-state index contributed by atoms with van der Waals surface area (Å²) in [4.78, 5) is 0. The molecule has 28 valence electrons. The van der Waals surface area contributed by atoms with Crippen LogP contribution in [0.1, 0.15) is 0 Å². The molecule has 5 heavy (non-hydrogen) atoms. The van der Waals surface area contributed by atoms with Gasteiger partial charge >= 0.3 is 0 Å². The third-order valence-corrected chi connectivity index (χ3v) is 0.612. The van der Waals surface area contributed by atoms with Gasteiger partial charge in [-0.2, -0.15) is 0 Å². The van der Waals surface area contributed by atoms with Gasteiger partial charge in [0.2, 0.25) is 0 Å². The molecule has 0 N–H and O–H groups in total. The summed E-state index contributed by atoms with van der Waals surface area (Å²) >= 11 is 0.104. The fourth-order valence-corrected chi connectivity index (χ4v) is 0.125. The van der Waals surface area contributed by atoms with E-state index >= 15 is 0 Å². The monoisotopic (exact) mass is 108 g/mol. The van der Waals surface area contributed by atoms with Crippen molar-refractivity contribution in [3.8, 4) is 0 Å². The van der Waals surface area contributed by atoms with Crippen LogP contribution in [0.4, 0.5) is 0 Å². The highest BCUT2D eigenvalue weighted by molar-refractivity contribution is 7.80. The third kappa shape index (κ3) is 3.82. The molecular formula is CO2S2. The zero-order chi connectivity index (χ0) is 4.12. The first kappa shape index (κ1) is 4.82. The highest BCUT2D eigenvalue weighted by Gasteiger charge is 1.31. The average Bonchev–Trinajstić information content (AvgIpc) is 1.41. The van der Waals surface area contributed by atoms with Gasteiger partial charge in [0.15, 0.2) is 22.5 Å². The van der Waals surface area contributed by atoms with Crippen LogP contribution in [0.5, 0.6) is 0 Å². The van der Waals surface area contributed by atoms with E-state index < -0.39 is 0 Å². The predicted molar refractivity (Wildman–Crippen MR) is 21.3 cm³/mol. The average molecular weight is 108 g/mol. The first-order valence-electron chi connectivity index (χ1n) is 0.742. The Kier molecular flexibility index (Phi) is 3.68. The first-order valence-corrected chi connectivity index (χ1v) is 2.22. The van der Waals surface area contributed by atoms with Gasteiger partial charge in [-0.25, -0.2) is 8.42 Å². The minimum atomic E-state index is 0.0521. The van der Waals surface area contributed by atoms with Crippen molar-refractivity contribution in [2.24, 2.45) is 0 Å². The molecule has 2 nitrogen and oxygen atoms in total. The second-order valence-electron chi connectivity index (χ2n) is 0.250. The summed E-state index contributed by atoms with van der Waals surface area (Å²) in [6.45, 7) is 0. The van der Waals surface area contributed by atoms with Gasteiger partial charge in [0.05, 0.1) is 4.31 Å². The van der Waals surface area contributed by atoms with Crippen LogP contribution < -0.4 is 0 Å². The van der Waals surface area contributed by atoms with E-state index in [2.05, 4.69) is 0 Å². The van der Waals surface area contributed by atoms with Gasteiger partial charge in [0, 0.05) is 0 Å². The predicted octanol–water partition coefficient (Wildman–Crippen LogP) is -0.951. The molecule has 0 aromatic rings. The van der Waals surface area contributed by atoms with E-state index in [-0.39, 0.29) is 22.5 Å². The molecule has 0 radical (unpaired) electrons. The van der Waals surface area contributed by atoms with Crippen LogP contribution in [0, 0.1) is 0 Å². The second kappa shape index (κ2) is 3.82. The summed E-state index contributed by atoms with van der Waals surface area (Å²) in [6, 6.07) is 0. The summed E-state index contributed by atoms with van der Waals surface area (Å²) in [6.07, 6.45) is 0. The van der Waals surface area contributed by atoms with Gasteiger partial charge in [-0.15, -0.1) is 0 Å². The summed E-state index contributed by atoms with van der Waals surface area (Å²) in [5.74, 6) is 0. The van der Waals surface area contributed by atoms with Crippen LogP contribution in [0.2, 0.25) is 0 Å². The summed E-state index contributed by atoms with van der Waals surface area (Å²) in [5, 5.41) is 0. The molecule has 0 spiro atoms. The van der Waals surface area contributed by atoms with E-state index in [1.165, 1.54) is 0 Å². The van der Waals surface area contributed by atoms with Crippen molar-refractivity contribution in [3.05, 3.63) is 0 Å². The van der Waals surface area contributed by atoms with Gasteiger partial charge in [-0.3, -0.25) is 0 Å². The fourth-order valence-electron chi connectivity index (χ4n) is 0.0139. The minimum absolute atomic E-state index is 0.0521. The molecule has 0 unspecified atom stereocenters. The largest absolute Gasteiger partial charge is 0.202 e.